The highest BCUT2D eigenvalue weighted by atomic mass is 16.5. The maximum atomic E-state index is 11.4. The maximum Gasteiger partial charge on any atom is 0.308 e. The molecule has 1 saturated carbocycles. The lowest BCUT2D eigenvalue weighted by Gasteiger charge is -2.26. The number of carbonyl (C=O) groups is 1. The largest absolute Gasteiger partial charge is 0.469 e. The first kappa shape index (κ1) is 14.0. The van der Waals surface area contributed by atoms with E-state index in [4.69, 9.17) is 14.0 Å². The second-order valence-corrected chi connectivity index (χ2v) is 4.77. The zero-order chi connectivity index (χ0) is 13.7. The Kier molecular flexibility index (Phi) is 4.90. The molecule has 0 N–H and O–H groups in total. The van der Waals surface area contributed by atoms with E-state index in [2.05, 4.69) is 10.1 Å². The van der Waals surface area contributed by atoms with Gasteiger partial charge in [0.25, 0.3) is 5.89 Å². The molecule has 1 fully saturated rings. The lowest BCUT2D eigenvalue weighted by Crippen LogP contribution is -2.26. The SMILES string of the molecule is CCc1noc(COC2CCC(C(=O)OC)CC2)n1. The molecule has 0 unspecified atom stereocenters. The topological polar surface area (TPSA) is 74.5 Å². The molecule has 0 aromatic carbocycles. The standard InChI is InChI=1S/C13H20N2O4/c1-3-11-14-12(19-15-11)8-18-10-6-4-9(5-7-10)13(16)17-2/h9-10H,3-8H2,1-2H3. The molecule has 6 nitrogen and oxygen atoms in total. The summed E-state index contributed by atoms with van der Waals surface area (Å²) in [4.78, 5) is 15.6. The monoisotopic (exact) mass is 268 g/mol. The van der Waals surface area contributed by atoms with Gasteiger partial charge in [0.1, 0.15) is 6.61 Å². The van der Waals surface area contributed by atoms with Crippen molar-refractivity contribution in [2.45, 2.75) is 51.7 Å². The highest BCUT2D eigenvalue weighted by Gasteiger charge is 2.27. The Labute approximate surface area is 112 Å². The third-order valence-electron chi connectivity index (χ3n) is 3.48. The molecule has 0 saturated heterocycles. The van der Waals surface area contributed by atoms with Crippen LogP contribution in [0.4, 0.5) is 0 Å². The summed E-state index contributed by atoms with van der Waals surface area (Å²) in [6.07, 6.45) is 4.30. The molecule has 0 amide bonds. The second-order valence-electron chi connectivity index (χ2n) is 4.77. The number of ether oxygens (including phenoxy) is 2. The van der Waals surface area contributed by atoms with Crippen LogP contribution in [0.5, 0.6) is 0 Å². The van der Waals surface area contributed by atoms with Crippen molar-refractivity contribution in [2.24, 2.45) is 5.92 Å². The Bertz CT molecular complexity index is 411. The Morgan fingerprint density at radius 2 is 2.11 bits per heavy atom. The summed E-state index contributed by atoms with van der Waals surface area (Å²) in [5.41, 5.74) is 0. The molecule has 1 aliphatic carbocycles. The smallest absolute Gasteiger partial charge is 0.308 e. The lowest BCUT2D eigenvalue weighted by molar-refractivity contribution is -0.147. The van der Waals surface area contributed by atoms with E-state index in [1.165, 1.54) is 7.11 Å². The van der Waals surface area contributed by atoms with E-state index in [0.29, 0.717) is 18.3 Å². The molecule has 2 rings (SSSR count). The van der Waals surface area contributed by atoms with Gasteiger partial charge in [-0.25, -0.2) is 0 Å². The molecular weight excluding hydrogens is 248 g/mol. The molecule has 6 heteroatoms. The van der Waals surface area contributed by atoms with Gasteiger partial charge < -0.3 is 14.0 Å². The number of aryl methyl sites for hydroxylation is 1. The van der Waals surface area contributed by atoms with Gasteiger partial charge in [-0.3, -0.25) is 4.79 Å². The first-order valence-corrected chi connectivity index (χ1v) is 6.73. The van der Waals surface area contributed by atoms with Gasteiger partial charge in [0, 0.05) is 6.42 Å². The van der Waals surface area contributed by atoms with Crippen molar-refractivity contribution in [3.8, 4) is 0 Å². The third kappa shape index (κ3) is 3.76. The number of esters is 1. The molecule has 0 bridgehead atoms. The average Bonchev–Trinajstić information content (AvgIpc) is 2.93. The van der Waals surface area contributed by atoms with Gasteiger partial charge >= 0.3 is 5.97 Å². The van der Waals surface area contributed by atoms with Crippen molar-refractivity contribution in [3.63, 3.8) is 0 Å². The van der Waals surface area contributed by atoms with Crippen LogP contribution in [0.1, 0.15) is 44.3 Å². The first-order valence-electron chi connectivity index (χ1n) is 6.73. The summed E-state index contributed by atoms with van der Waals surface area (Å²) in [7, 11) is 1.44. The van der Waals surface area contributed by atoms with Gasteiger partial charge in [0.05, 0.1) is 19.1 Å². The van der Waals surface area contributed by atoms with Crippen LogP contribution in [-0.4, -0.2) is 29.3 Å². The van der Waals surface area contributed by atoms with Crippen molar-refractivity contribution in [1.82, 2.24) is 10.1 Å². The molecule has 19 heavy (non-hydrogen) atoms. The van der Waals surface area contributed by atoms with Gasteiger partial charge in [0.2, 0.25) is 0 Å². The van der Waals surface area contributed by atoms with Crippen LogP contribution >= 0.6 is 0 Å². The normalized spacial score (nSPS) is 23.3. The van der Waals surface area contributed by atoms with Crippen molar-refractivity contribution < 1.29 is 18.8 Å². The fraction of sp³-hybridized carbons (Fsp3) is 0.769. The Hall–Kier alpha value is -1.43. The quantitative estimate of drug-likeness (QED) is 0.759. The Morgan fingerprint density at radius 1 is 1.37 bits per heavy atom. The Morgan fingerprint density at radius 3 is 2.68 bits per heavy atom. The molecular formula is C13H20N2O4. The van der Waals surface area contributed by atoms with Crippen LogP contribution in [0, 0.1) is 5.92 Å². The summed E-state index contributed by atoms with van der Waals surface area (Å²) in [6, 6.07) is 0. The number of aromatic nitrogens is 2. The molecule has 1 heterocycles. The van der Waals surface area contributed by atoms with Crippen molar-refractivity contribution >= 4 is 5.97 Å². The van der Waals surface area contributed by atoms with E-state index < -0.39 is 0 Å². The van der Waals surface area contributed by atoms with Gasteiger partial charge in [-0.1, -0.05) is 12.1 Å². The molecule has 106 valence electrons. The lowest BCUT2D eigenvalue weighted by atomic mass is 9.87. The fourth-order valence-electron chi connectivity index (χ4n) is 2.31. The van der Waals surface area contributed by atoms with E-state index in [1.54, 1.807) is 0 Å². The minimum Gasteiger partial charge on any atom is -0.469 e. The number of rotatable bonds is 5. The molecule has 0 atom stereocenters. The summed E-state index contributed by atoms with van der Waals surface area (Å²) in [6.45, 7) is 2.32. The van der Waals surface area contributed by atoms with Crippen molar-refractivity contribution in [2.75, 3.05) is 7.11 Å². The Balaban J connectivity index is 1.72. The van der Waals surface area contributed by atoms with Gasteiger partial charge in [-0.2, -0.15) is 4.98 Å². The molecule has 0 spiro atoms. The highest BCUT2D eigenvalue weighted by Crippen LogP contribution is 2.27. The van der Waals surface area contributed by atoms with Crippen LogP contribution in [-0.2, 0) is 27.3 Å². The zero-order valence-electron chi connectivity index (χ0n) is 11.4. The predicted molar refractivity (Wildman–Crippen MR) is 66.2 cm³/mol. The maximum absolute atomic E-state index is 11.4. The van der Waals surface area contributed by atoms with Crippen molar-refractivity contribution in [3.05, 3.63) is 11.7 Å². The summed E-state index contributed by atoms with van der Waals surface area (Å²) < 4.78 is 15.6. The van der Waals surface area contributed by atoms with E-state index >= 15 is 0 Å². The fourth-order valence-corrected chi connectivity index (χ4v) is 2.31. The molecule has 1 aliphatic rings. The number of carbonyl (C=O) groups excluding carboxylic acids is 1. The van der Waals surface area contributed by atoms with Gasteiger partial charge in [-0.05, 0) is 25.7 Å². The predicted octanol–water partition coefficient (Wildman–Crippen LogP) is 1.88. The van der Waals surface area contributed by atoms with Crippen LogP contribution in [0.3, 0.4) is 0 Å². The van der Waals surface area contributed by atoms with Crippen molar-refractivity contribution in [1.29, 1.82) is 0 Å². The van der Waals surface area contributed by atoms with E-state index in [1.807, 2.05) is 6.92 Å². The van der Waals surface area contributed by atoms with Crippen LogP contribution in [0.2, 0.25) is 0 Å². The number of methoxy groups -OCH3 is 1. The second kappa shape index (κ2) is 6.65. The minimum absolute atomic E-state index is 0.0277. The third-order valence-corrected chi connectivity index (χ3v) is 3.48. The van der Waals surface area contributed by atoms with E-state index in [0.717, 1.165) is 32.1 Å². The van der Waals surface area contributed by atoms with E-state index in [9.17, 15) is 4.79 Å². The van der Waals surface area contributed by atoms with Crippen LogP contribution < -0.4 is 0 Å². The number of hydrogen-bond donors (Lipinski definition) is 0. The number of hydrogen-bond acceptors (Lipinski definition) is 6. The van der Waals surface area contributed by atoms with Gasteiger partial charge in [0.15, 0.2) is 5.82 Å². The summed E-state index contributed by atoms with van der Waals surface area (Å²) in [5, 5.41) is 3.82. The number of nitrogens with zero attached hydrogens (tertiary/aromatic N) is 2. The highest BCUT2D eigenvalue weighted by molar-refractivity contribution is 5.72. The van der Waals surface area contributed by atoms with E-state index in [-0.39, 0.29) is 18.0 Å². The molecule has 1 aromatic heterocycles. The molecule has 1 aromatic rings. The average molecular weight is 268 g/mol. The summed E-state index contributed by atoms with van der Waals surface area (Å²) >= 11 is 0. The molecule has 0 aliphatic heterocycles. The first-order chi connectivity index (χ1) is 9.22. The van der Waals surface area contributed by atoms with Crippen LogP contribution in [0.25, 0.3) is 0 Å². The summed E-state index contributed by atoms with van der Waals surface area (Å²) in [5.74, 6) is 1.14. The molecule has 0 radical (unpaired) electrons. The van der Waals surface area contributed by atoms with Gasteiger partial charge in [-0.15, -0.1) is 0 Å². The zero-order valence-corrected chi connectivity index (χ0v) is 11.4. The van der Waals surface area contributed by atoms with Crippen LogP contribution in [0.15, 0.2) is 4.52 Å². The minimum atomic E-state index is -0.108.